The quantitative estimate of drug-likeness (QED) is 0.724. The van der Waals surface area contributed by atoms with E-state index in [-0.39, 0.29) is 29.7 Å². The largest absolute Gasteiger partial charge is 0.464 e. The second-order valence-electron chi connectivity index (χ2n) is 4.59. The number of ether oxygens (including phenoxy) is 1. The van der Waals surface area contributed by atoms with Gasteiger partial charge < -0.3 is 9.64 Å². The SMILES string of the molecule is CCOC(=O)C1CCCN1C(=O)c1ccc(=O)n(C)n1. The van der Waals surface area contributed by atoms with Gasteiger partial charge in [0.1, 0.15) is 11.7 Å². The van der Waals surface area contributed by atoms with Crippen molar-refractivity contribution in [1.29, 1.82) is 0 Å². The summed E-state index contributed by atoms with van der Waals surface area (Å²) in [7, 11) is 1.48. The van der Waals surface area contributed by atoms with Crippen molar-refractivity contribution in [2.45, 2.75) is 25.8 Å². The zero-order valence-electron chi connectivity index (χ0n) is 11.5. The maximum Gasteiger partial charge on any atom is 0.328 e. The molecule has 0 N–H and O–H groups in total. The molecule has 0 saturated carbocycles. The normalized spacial score (nSPS) is 18.1. The molecule has 7 nitrogen and oxygen atoms in total. The van der Waals surface area contributed by atoms with Crippen LogP contribution in [0.4, 0.5) is 0 Å². The van der Waals surface area contributed by atoms with E-state index >= 15 is 0 Å². The topological polar surface area (TPSA) is 81.5 Å². The third kappa shape index (κ3) is 2.71. The summed E-state index contributed by atoms with van der Waals surface area (Å²) < 4.78 is 6.08. The Morgan fingerprint density at radius 3 is 2.85 bits per heavy atom. The molecule has 1 aliphatic rings. The second-order valence-corrected chi connectivity index (χ2v) is 4.59. The molecule has 1 atom stereocenters. The average molecular weight is 279 g/mol. The van der Waals surface area contributed by atoms with Gasteiger partial charge in [-0.3, -0.25) is 9.59 Å². The minimum absolute atomic E-state index is 0.156. The van der Waals surface area contributed by atoms with E-state index in [4.69, 9.17) is 4.74 Å². The zero-order chi connectivity index (χ0) is 14.7. The average Bonchev–Trinajstić information content (AvgIpc) is 2.90. The Morgan fingerprint density at radius 1 is 1.45 bits per heavy atom. The molecule has 0 aromatic carbocycles. The lowest BCUT2D eigenvalue weighted by Gasteiger charge is -2.22. The van der Waals surface area contributed by atoms with Gasteiger partial charge in [0, 0.05) is 19.7 Å². The fourth-order valence-electron chi connectivity index (χ4n) is 2.26. The summed E-state index contributed by atoms with van der Waals surface area (Å²) in [6.45, 7) is 2.51. The van der Waals surface area contributed by atoms with Crippen LogP contribution in [-0.2, 0) is 16.6 Å². The fraction of sp³-hybridized carbons (Fsp3) is 0.538. The molecule has 2 heterocycles. The second kappa shape index (κ2) is 5.85. The molecule has 1 unspecified atom stereocenters. The monoisotopic (exact) mass is 279 g/mol. The van der Waals surface area contributed by atoms with Crippen LogP contribution in [0.2, 0.25) is 0 Å². The Balaban J connectivity index is 2.21. The van der Waals surface area contributed by atoms with Gasteiger partial charge in [-0.2, -0.15) is 5.10 Å². The van der Waals surface area contributed by atoms with Gasteiger partial charge in [-0.1, -0.05) is 0 Å². The van der Waals surface area contributed by atoms with Crippen molar-refractivity contribution in [2.24, 2.45) is 7.05 Å². The highest BCUT2D eigenvalue weighted by molar-refractivity contribution is 5.95. The predicted molar refractivity (Wildman–Crippen MR) is 70.2 cm³/mol. The molecule has 0 radical (unpaired) electrons. The molecule has 1 aromatic rings. The first-order valence-electron chi connectivity index (χ1n) is 6.56. The van der Waals surface area contributed by atoms with Crippen molar-refractivity contribution in [2.75, 3.05) is 13.2 Å². The first kappa shape index (κ1) is 14.2. The van der Waals surface area contributed by atoms with Crippen LogP contribution < -0.4 is 5.56 Å². The molecule has 1 saturated heterocycles. The van der Waals surface area contributed by atoms with Gasteiger partial charge in [-0.15, -0.1) is 0 Å². The van der Waals surface area contributed by atoms with Crippen molar-refractivity contribution >= 4 is 11.9 Å². The minimum atomic E-state index is -0.554. The van der Waals surface area contributed by atoms with Crippen LogP contribution in [0.25, 0.3) is 0 Å². The Bertz CT molecular complexity index is 581. The number of aryl methyl sites for hydroxylation is 1. The highest BCUT2D eigenvalue weighted by Crippen LogP contribution is 2.20. The smallest absolute Gasteiger partial charge is 0.328 e. The molecule has 1 aromatic heterocycles. The van der Waals surface area contributed by atoms with Crippen LogP contribution >= 0.6 is 0 Å². The van der Waals surface area contributed by atoms with Crippen LogP contribution in [0.5, 0.6) is 0 Å². The summed E-state index contributed by atoms with van der Waals surface area (Å²) in [5, 5.41) is 3.92. The molecule has 0 bridgehead atoms. The third-order valence-electron chi connectivity index (χ3n) is 3.25. The lowest BCUT2D eigenvalue weighted by atomic mass is 10.2. The predicted octanol–water partition coefficient (Wildman–Crippen LogP) is -0.0520. The maximum absolute atomic E-state index is 12.4. The summed E-state index contributed by atoms with van der Waals surface area (Å²) in [6.07, 6.45) is 1.34. The Morgan fingerprint density at radius 2 is 2.20 bits per heavy atom. The molecule has 0 spiro atoms. The summed E-state index contributed by atoms with van der Waals surface area (Å²) in [5.74, 6) is -0.737. The lowest BCUT2D eigenvalue weighted by Crippen LogP contribution is -2.42. The van der Waals surface area contributed by atoms with E-state index in [0.717, 1.165) is 11.1 Å². The van der Waals surface area contributed by atoms with Gasteiger partial charge in [-0.05, 0) is 25.8 Å². The summed E-state index contributed by atoms with van der Waals surface area (Å²) in [4.78, 5) is 36.9. The van der Waals surface area contributed by atoms with E-state index in [1.165, 1.54) is 24.1 Å². The van der Waals surface area contributed by atoms with Crippen molar-refractivity contribution in [3.8, 4) is 0 Å². The van der Waals surface area contributed by atoms with Gasteiger partial charge in [0.05, 0.1) is 6.61 Å². The Kier molecular flexibility index (Phi) is 4.16. The van der Waals surface area contributed by atoms with Crippen LogP contribution in [-0.4, -0.2) is 45.8 Å². The Hall–Kier alpha value is -2.18. The molecule has 108 valence electrons. The number of carbonyl (C=O) groups is 2. The standard InChI is InChI=1S/C13H17N3O4/c1-3-20-13(19)10-5-4-8-16(10)12(18)9-6-7-11(17)15(2)14-9/h6-7,10H,3-5,8H2,1-2H3. The fourth-order valence-corrected chi connectivity index (χ4v) is 2.26. The molecule has 1 fully saturated rings. The number of likely N-dealkylation sites (tertiary alicyclic amines) is 1. The lowest BCUT2D eigenvalue weighted by molar-refractivity contribution is -0.147. The number of rotatable bonds is 3. The van der Waals surface area contributed by atoms with Crippen LogP contribution in [0.15, 0.2) is 16.9 Å². The van der Waals surface area contributed by atoms with E-state index in [0.29, 0.717) is 13.0 Å². The van der Waals surface area contributed by atoms with Crippen LogP contribution in [0.1, 0.15) is 30.3 Å². The molecular weight excluding hydrogens is 262 g/mol. The van der Waals surface area contributed by atoms with Crippen LogP contribution in [0, 0.1) is 0 Å². The van der Waals surface area contributed by atoms with E-state index in [2.05, 4.69) is 5.10 Å². The number of aromatic nitrogens is 2. The van der Waals surface area contributed by atoms with E-state index in [9.17, 15) is 14.4 Å². The molecule has 2 rings (SSSR count). The number of esters is 1. The van der Waals surface area contributed by atoms with Gasteiger partial charge in [0.2, 0.25) is 0 Å². The Labute approximate surface area is 116 Å². The first-order valence-corrected chi connectivity index (χ1v) is 6.56. The number of amides is 1. The number of hydrogen-bond donors (Lipinski definition) is 0. The number of nitrogens with zero attached hydrogens (tertiary/aromatic N) is 3. The molecule has 1 aliphatic heterocycles. The maximum atomic E-state index is 12.4. The van der Waals surface area contributed by atoms with Crippen molar-refractivity contribution < 1.29 is 14.3 Å². The summed E-state index contributed by atoms with van der Waals surface area (Å²) >= 11 is 0. The zero-order valence-corrected chi connectivity index (χ0v) is 11.5. The van der Waals surface area contributed by atoms with E-state index in [1.54, 1.807) is 6.92 Å². The minimum Gasteiger partial charge on any atom is -0.464 e. The number of carbonyl (C=O) groups excluding carboxylic acids is 2. The first-order chi connectivity index (χ1) is 9.54. The van der Waals surface area contributed by atoms with Crippen molar-refractivity contribution in [3.05, 3.63) is 28.2 Å². The van der Waals surface area contributed by atoms with Gasteiger partial charge in [0.25, 0.3) is 11.5 Å². The van der Waals surface area contributed by atoms with E-state index < -0.39 is 6.04 Å². The summed E-state index contributed by atoms with van der Waals surface area (Å²) in [6, 6.07) is 2.11. The molecular formula is C13H17N3O4. The highest BCUT2D eigenvalue weighted by Gasteiger charge is 2.36. The van der Waals surface area contributed by atoms with E-state index in [1.807, 2.05) is 0 Å². The molecule has 7 heteroatoms. The van der Waals surface area contributed by atoms with Crippen molar-refractivity contribution in [1.82, 2.24) is 14.7 Å². The van der Waals surface area contributed by atoms with Gasteiger partial charge in [-0.25, -0.2) is 9.48 Å². The summed E-state index contributed by atoms with van der Waals surface area (Å²) in [5.41, 5.74) is -0.131. The van der Waals surface area contributed by atoms with Crippen molar-refractivity contribution in [3.63, 3.8) is 0 Å². The molecule has 1 amide bonds. The third-order valence-corrected chi connectivity index (χ3v) is 3.25. The van der Waals surface area contributed by atoms with Gasteiger partial charge in [0.15, 0.2) is 0 Å². The molecule has 20 heavy (non-hydrogen) atoms. The number of hydrogen-bond acceptors (Lipinski definition) is 5. The van der Waals surface area contributed by atoms with Gasteiger partial charge >= 0.3 is 5.97 Å². The highest BCUT2D eigenvalue weighted by atomic mass is 16.5. The van der Waals surface area contributed by atoms with Crippen LogP contribution in [0.3, 0.4) is 0 Å². The molecule has 0 aliphatic carbocycles.